The number of morpholine rings is 1. The highest BCUT2D eigenvalue weighted by Crippen LogP contribution is 2.19. The van der Waals surface area contributed by atoms with E-state index in [4.69, 9.17) is 15.2 Å². The predicted octanol–water partition coefficient (Wildman–Crippen LogP) is 0.996. The molecule has 0 amide bonds. The van der Waals surface area contributed by atoms with Gasteiger partial charge in [-0.2, -0.15) is 0 Å². The summed E-state index contributed by atoms with van der Waals surface area (Å²) in [5.74, 6) is 0.757. The Balaban J connectivity index is 1.79. The lowest BCUT2D eigenvalue weighted by atomic mass is 10.0. The van der Waals surface area contributed by atoms with Gasteiger partial charge in [0.05, 0.1) is 13.2 Å². The maximum atomic E-state index is 10.2. The molecule has 0 saturated carbocycles. The van der Waals surface area contributed by atoms with Gasteiger partial charge in [0.1, 0.15) is 18.5 Å². The van der Waals surface area contributed by atoms with E-state index in [2.05, 4.69) is 18.7 Å². The van der Waals surface area contributed by atoms with Crippen molar-refractivity contribution in [1.82, 2.24) is 4.90 Å². The van der Waals surface area contributed by atoms with Gasteiger partial charge >= 0.3 is 0 Å². The first-order valence-electron chi connectivity index (χ1n) is 7.44. The first-order chi connectivity index (χ1) is 10.0. The maximum absolute atomic E-state index is 10.2. The van der Waals surface area contributed by atoms with Crippen LogP contribution in [0.4, 0.5) is 0 Å². The van der Waals surface area contributed by atoms with Gasteiger partial charge in [-0.15, -0.1) is 0 Å². The number of ether oxygens (including phenoxy) is 2. The third-order valence-electron chi connectivity index (χ3n) is 3.85. The van der Waals surface area contributed by atoms with Crippen molar-refractivity contribution in [3.05, 3.63) is 29.8 Å². The van der Waals surface area contributed by atoms with Crippen LogP contribution in [0.3, 0.4) is 0 Å². The topological polar surface area (TPSA) is 68.0 Å². The molecule has 0 aromatic heterocycles. The number of hydrogen-bond acceptors (Lipinski definition) is 5. The number of hydrogen-bond donors (Lipinski definition) is 2. The molecule has 0 radical (unpaired) electrons. The molecule has 3 N–H and O–H groups in total. The van der Waals surface area contributed by atoms with Crippen molar-refractivity contribution in [2.45, 2.75) is 32.0 Å². The highest BCUT2D eigenvalue weighted by atomic mass is 16.5. The minimum absolute atomic E-state index is 0.0397. The minimum atomic E-state index is -0.517. The quantitative estimate of drug-likeness (QED) is 0.819. The van der Waals surface area contributed by atoms with Crippen molar-refractivity contribution < 1.29 is 14.6 Å². The van der Waals surface area contributed by atoms with Crippen molar-refractivity contribution in [2.24, 2.45) is 5.73 Å². The average molecular weight is 294 g/mol. The van der Waals surface area contributed by atoms with Crippen molar-refractivity contribution in [2.75, 3.05) is 32.9 Å². The molecule has 1 aromatic rings. The summed E-state index contributed by atoms with van der Waals surface area (Å²) in [5, 5.41) is 10.2. The number of aliphatic hydroxyl groups excluding tert-OH is 1. The van der Waals surface area contributed by atoms with E-state index in [0.29, 0.717) is 19.7 Å². The van der Waals surface area contributed by atoms with E-state index < -0.39 is 6.10 Å². The van der Waals surface area contributed by atoms with Crippen LogP contribution in [0.25, 0.3) is 0 Å². The number of aliphatic hydroxyl groups is 1. The van der Waals surface area contributed by atoms with Crippen molar-refractivity contribution >= 4 is 0 Å². The molecule has 5 nitrogen and oxygen atoms in total. The fourth-order valence-corrected chi connectivity index (χ4v) is 2.45. The van der Waals surface area contributed by atoms with Gasteiger partial charge in [-0.25, -0.2) is 0 Å². The Morgan fingerprint density at radius 1 is 1.38 bits per heavy atom. The molecular weight excluding hydrogens is 268 g/mol. The zero-order chi connectivity index (χ0) is 15.3. The summed E-state index contributed by atoms with van der Waals surface area (Å²) >= 11 is 0. The second-order valence-corrected chi connectivity index (χ2v) is 6.12. The Bertz CT molecular complexity index is 434. The van der Waals surface area contributed by atoms with Gasteiger partial charge in [0.2, 0.25) is 0 Å². The molecule has 5 heteroatoms. The number of benzene rings is 1. The van der Waals surface area contributed by atoms with Crippen LogP contribution in [0.5, 0.6) is 5.75 Å². The van der Waals surface area contributed by atoms with Gasteiger partial charge in [0.25, 0.3) is 0 Å². The summed E-state index contributed by atoms with van der Waals surface area (Å²) in [6.45, 7) is 7.92. The molecule has 21 heavy (non-hydrogen) atoms. The second-order valence-electron chi connectivity index (χ2n) is 6.12. The summed E-state index contributed by atoms with van der Waals surface area (Å²) in [4.78, 5) is 2.25. The van der Waals surface area contributed by atoms with E-state index in [1.807, 2.05) is 24.3 Å². The summed E-state index contributed by atoms with van der Waals surface area (Å²) in [7, 11) is 0. The van der Waals surface area contributed by atoms with E-state index in [-0.39, 0.29) is 12.1 Å². The molecule has 1 heterocycles. The summed E-state index contributed by atoms with van der Waals surface area (Å²) in [5.41, 5.74) is 6.58. The minimum Gasteiger partial charge on any atom is -0.491 e. The van der Waals surface area contributed by atoms with E-state index in [1.165, 1.54) is 0 Å². The van der Waals surface area contributed by atoms with Crippen LogP contribution in [0.1, 0.15) is 19.4 Å². The van der Waals surface area contributed by atoms with Crippen molar-refractivity contribution in [3.63, 3.8) is 0 Å². The molecule has 1 fully saturated rings. The lowest BCUT2D eigenvalue weighted by molar-refractivity contribution is -0.0703. The predicted molar refractivity (Wildman–Crippen MR) is 82.3 cm³/mol. The number of rotatable bonds is 6. The molecule has 1 aliphatic rings. The molecule has 118 valence electrons. The fraction of sp³-hybridized carbons (Fsp3) is 0.625. The third kappa shape index (κ3) is 4.68. The molecule has 1 aromatic carbocycles. The van der Waals surface area contributed by atoms with Crippen LogP contribution in [0.2, 0.25) is 0 Å². The third-order valence-corrected chi connectivity index (χ3v) is 3.85. The van der Waals surface area contributed by atoms with Crippen LogP contribution in [-0.4, -0.2) is 54.6 Å². The van der Waals surface area contributed by atoms with Gasteiger partial charge in [-0.1, -0.05) is 12.1 Å². The highest BCUT2D eigenvalue weighted by molar-refractivity contribution is 5.27. The first-order valence-corrected chi connectivity index (χ1v) is 7.44. The van der Waals surface area contributed by atoms with E-state index >= 15 is 0 Å². The highest BCUT2D eigenvalue weighted by Gasteiger charge is 2.31. The SMILES string of the molecule is CC1(C)COCCN1CC(O)COc1ccc(CN)cc1. The molecule has 0 spiro atoms. The molecular formula is C16H26N2O3. The van der Waals surface area contributed by atoms with Gasteiger partial charge in [0.15, 0.2) is 0 Å². The van der Waals surface area contributed by atoms with Gasteiger partial charge in [-0.3, -0.25) is 4.90 Å². The lowest BCUT2D eigenvalue weighted by Gasteiger charge is -2.42. The molecule has 1 aliphatic heterocycles. The van der Waals surface area contributed by atoms with Crippen LogP contribution in [-0.2, 0) is 11.3 Å². The number of nitrogens with two attached hydrogens (primary N) is 1. The van der Waals surface area contributed by atoms with Gasteiger partial charge in [0, 0.05) is 25.2 Å². The molecule has 1 atom stereocenters. The summed E-state index contributed by atoms with van der Waals surface area (Å²) < 4.78 is 11.1. The smallest absolute Gasteiger partial charge is 0.119 e. The van der Waals surface area contributed by atoms with Crippen LogP contribution < -0.4 is 10.5 Å². The van der Waals surface area contributed by atoms with Crippen LogP contribution in [0, 0.1) is 0 Å². The molecule has 1 unspecified atom stereocenters. The van der Waals surface area contributed by atoms with Crippen LogP contribution >= 0.6 is 0 Å². The standard InChI is InChI=1S/C16H26N2O3/c1-16(2)12-20-8-7-18(16)10-14(19)11-21-15-5-3-13(9-17)4-6-15/h3-6,14,19H,7-12,17H2,1-2H3. The maximum Gasteiger partial charge on any atom is 0.119 e. The molecule has 1 saturated heterocycles. The van der Waals surface area contributed by atoms with Crippen LogP contribution in [0.15, 0.2) is 24.3 Å². The first kappa shape index (κ1) is 16.2. The normalized spacial score (nSPS) is 20.2. The Kier molecular flexibility index (Phi) is 5.58. The van der Waals surface area contributed by atoms with E-state index in [9.17, 15) is 5.11 Å². The Morgan fingerprint density at radius 2 is 2.10 bits per heavy atom. The van der Waals surface area contributed by atoms with E-state index in [0.717, 1.165) is 24.5 Å². The van der Waals surface area contributed by atoms with E-state index in [1.54, 1.807) is 0 Å². The largest absolute Gasteiger partial charge is 0.491 e. The fourth-order valence-electron chi connectivity index (χ4n) is 2.45. The van der Waals surface area contributed by atoms with Crippen molar-refractivity contribution in [1.29, 1.82) is 0 Å². The molecule has 2 rings (SSSR count). The number of nitrogens with zero attached hydrogens (tertiary/aromatic N) is 1. The summed E-state index contributed by atoms with van der Waals surface area (Å²) in [6.07, 6.45) is -0.517. The van der Waals surface area contributed by atoms with Gasteiger partial charge in [-0.05, 0) is 31.5 Å². The average Bonchev–Trinajstić information content (AvgIpc) is 2.48. The Hall–Kier alpha value is -1.14. The molecule has 0 bridgehead atoms. The zero-order valence-corrected chi connectivity index (χ0v) is 12.9. The monoisotopic (exact) mass is 294 g/mol. The second kappa shape index (κ2) is 7.22. The van der Waals surface area contributed by atoms with Crippen molar-refractivity contribution in [3.8, 4) is 5.75 Å². The Morgan fingerprint density at radius 3 is 2.71 bits per heavy atom. The lowest BCUT2D eigenvalue weighted by Crippen LogP contribution is -2.55. The molecule has 0 aliphatic carbocycles. The van der Waals surface area contributed by atoms with Gasteiger partial charge < -0.3 is 20.3 Å². The Labute approximate surface area is 126 Å². The zero-order valence-electron chi connectivity index (χ0n) is 12.9. The number of β-amino-alcohol motifs (C(OH)–C–C–N with tert-alkyl or cyclic N) is 1. The summed E-state index contributed by atoms with van der Waals surface area (Å²) in [6, 6.07) is 7.64.